The summed E-state index contributed by atoms with van der Waals surface area (Å²) in [5.41, 5.74) is 0.443. The monoisotopic (exact) mass is 287 g/mol. The molecule has 1 aliphatic carbocycles. The molecule has 2 rings (SSSR count). The Morgan fingerprint density at radius 2 is 1.89 bits per heavy atom. The van der Waals surface area contributed by atoms with Gasteiger partial charge >= 0.3 is 0 Å². The highest BCUT2D eigenvalue weighted by molar-refractivity contribution is 8.13. The van der Waals surface area contributed by atoms with Crippen molar-refractivity contribution in [2.45, 2.75) is 24.2 Å². The van der Waals surface area contributed by atoms with Crippen LogP contribution in [0.2, 0.25) is 0 Å². The van der Waals surface area contributed by atoms with Crippen LogP contribution in [0.1, 0.15) is 29.6 Å². The molecule has 1 aromatic rings. The smallest absolute Gasteiger partial charge is 0.261 e. The summed E-state index contributed by atoms with van der Waals surface area (Å²) in [4.78, 5) is 11.8. The van der Waals surface area contributed by atoms with Gasteiger partial charge in [0.25, 0.3) is 15.0 Å². The number of carbonyl (C=O) groups is 1. The van der Waals surface area contributed by atoms with Crippen LogP contribution in [0, 0.1) is 5.92 Å². The Labute approximate surface area is 111 Å². The van der Waals surface area contributed by atoms with E-state index >= 15 is 0 Å². The second-order valence-corrected chi connectivity index (χ2v) is 7.04. The van der Waals surface area contributed by atoms with E-state index < -0.39 is 9.05 Å². The van der Waals surface area contributed by atoms with Gasteiger partial charge in [0.2, 0.25) is 0 Å². The molecule has 0 bridgehead atoms. The minimum atomic E-state index is -3.73. The largest absolute Gasteiger partial charge is 0.352 e. The number of rotatable bonds is 4. The minimum Gasteiger partial charge on any atom is -0.352 e. The van der Waals surface area contributed by atoms with Crippen molar-refractivity contribution in [1.29, 1.82) is 0 Å². The molecule has 0 atom stereocenters. The fraction of sp³-hybridized carbons (Fsp3) is 0.417. The molecule has 1 fully saturated rings. The first-order valence-electron chi connectivity index (χ1n) is 5.80. The standard InChI is InChI=1S/C12H14ClNO3S/c13-18(16,17)11-6-4-10(5-7-11)12(15)14-8-9-2-1-3-9/h4-7,9H,1-3,8H2,(H,14,15). The van der Waals surface area contributed by atoms with Crippen LogP contribution < -0.4 is 5.32 Å². The molecule has 0 radical (unpaired) electrons. The zero-order valence-electron chi connectivity index (χ0n) is 9.73. The molecule has 0 unspecified atom stereocenters. The number of halogens is 1. The second kappa shape index (κ2) is 5.28. The number of nitrogens with one attached hydrogen (secondary N) is 1. The van der Waals surface area contributed by atoms with Crippen LogP contribution in [0.3, 0.4) is 0 Å². The molecule has 0 heterocycles. The lowest BCUT2D eigenvalue weighted by atomic mass is 9.85. The van der Waals surface area contributed by atoms with Gasteiger partial charge in [-0.1, -0.05) is 6.42 Å². The third-order valence-corrected chi connectivity index (χ3v) is 4.54. The lowest BCUT2D eigenvalue weighted by molar-refractivity contribution is 0.0939. The van der Waals surface area contributed by atoms with Crippen molar-refractivity contribution < 1.29 is 13.2 Å². The lowest BCUT2D eigenvalue weighted by Crippen LogP contribution is -2.32. The van der Waals surface area contributed by atoms with Gasteiger partial charge in [0.05, 0.1) is 4.90 Å². The van der Waals surface area contributed by atoms with Crippen LogP contribution in [-0.2, 0) is 9.05 Å². The van der Waals surface area contributed by atoms with Gasteiger partial charge in [-0.15, -0.1) is 0 Å². The number of benzene rings is 1. The van der Waals surface area contributed by atoms with E-state index in [9.17, 15) is 13.2 Å². The maximum atomic E-state index is 11.8. The summed E-state index contributed by atoms with van der Waals surface area (Å²) in [6, 6.07) is 5.60. The van der Waals surface area contributed by atoms with E-state index in [1.807, 2.05) is 0 Å². The maximum Gasteiger partial charge on any atom is 0.261 e. The average molecular weight is 288 g/mol. The van der Waals surface area contributed by atoms with Crippen LogP contribution in [0.5, 0.6) is 0 Å². The van der Waals surface area contributed by atoms with Crippen LogP contribution in [0.4, 0.5) is 0 Å². The molecule has 1 aromatic carbocycles. The van der Waals surface area contributed by atoms with E-state index in [-0.39, 0.29) is 10.8 Å². The van der Waals surface area contributed by atoms with Gasteiger partial charge in [0.1, 0.15) is 0 Å². The van der Waals surface area contributed by atoms with Crippen molar-refractivity contribution in [2.24, 2.45) is 5.92 Å². The van der Waals surface area contributed by atoms with E-state index in [4.69, 9.17) is 10.7 Å². The Morgan fingerprint density at radius 3 is 2.33 bits per heavy atom. The fourth-order valence-corrected chi connectivity index (χ4v) is 2.57. The number of amides is 1. The third-order valence-electron chi connectivity index (χ3n) is 3.17. The normalized spacial score (nSPS) is 16.1. The van der Waals surface area contributed by atoms with Crippen molar-refractivity contribution >= 4 is 25.6 Å². The van der Waals surface area contributed by atoms with Crippen LogP contribution in [0.25, 0.3) is 0 Å². The van der Waals surface area contributed by atoms with E-state index in [1.54, 1.807) is 0 Å². The first-order valence-corrected chi connectivity index (χ1v) is 8.10. The first-order chi connectivity index (χ1) is 8.47. The van der Waals surface area contributed by atoms with Crippen molar-refractivity contribution in [3.05, 3.63) is 29.8 Å². The summed E-state index contributed by atoms with van der Waals surface area (Å²) >= 11 is 0. The number of hydrogen-bond acceptors (Lipinski definition) is 3. The molecular weight excluding hydrogens is 274 g/mol. The van der Waals surface area contributed by atoms with E-state index in [0.717, 1.165) is 0 Å². The zero-order valence-corrected chi connectivity index (χ0v) is 11.3. The van der Waals surface area contributed by atoms with Gasteiger partial charge in [-0.3, -0.25) is 4.79 Å². The van der Waals surface area contributed by atoms with Crippen molar-refractivity contribution in [3.8, 4) is 0 Å². The fourth-order valence-electron chi connectivity index (χ4n) is 1.80. The highest BCUT2D eigenvalue weighted by Gasteiger charge is 2.18. The predicted octanol–water partition coefficient (Wildman–Crippen LogP) is 2.14. The molecule has 1 saturated carbocycles. The predicted molar refractivity (Wildman–Crippen MR) is 69.2 cm³/mol. The molecule has 4 nitrogen and oxygen atoms in total. The van der Waals surface area contributed by atoms with Gasteiger partial charge < -0.3 is 5.32 Å². The van der Waals surface area contributed by atoms with Gasteiger partial charge in [-0.2, -0.15) is 0 Å². The van der Waals surface area contributed by atoms with E-state index in [2.05, 4.69) is 5.32 Å². The summed E-state index contributed by atoms with van der Waals surface area (Å²) in [6.45, 7) is 0.689. The maximum absolute atomic E-state index is 11.8. The quantitative estimate of drug-likeness (QED) is 0.863. The lowest BCUT2D eigenvalue weighted by Gasteiger charge is -2.25. The van der Waals surface area contributed by atoms with Gasteiger partial charge in [0, 0.05) is 22.8 Å². The summed E-state index contributed by atoms with van der Waals surface area (Å²) in [6.07, 6.45) is 3.58. The topological polar surface area (TPSA) is 63.2 Å². The number of hydrogen-bond donors (Lipinski definition) is 1. The Balaban J connectivity index is 1.98. The summed E-state index contributed by atoms with van der Waals surface area (Å²) in [5.74, 6) is 0.414. The molecule has 6 heteroatoms. The molecule has 1 aliphatic rings. The Hall–Kier alpha value is -1.07. The van der Waals surface area contributed by atoms with Crippen molar-refractivity contribution in [2.75, 3.05) is 6.54 Å². The summed E-state index contributed by atoms with van der Waals surface area (Å²) in [5, 5.41) is 2.84. The van der Waals surface area contributed by atoms with Crippen molar-refractivity contribution in [1.82, 2.24) is 5.32 Å². The molecular formula is C12H14ClNO3S. The second-order valence-electron chi connectivity index (χ2n) is 4.47. The first kappa shape index (κ1) is 13.4. The highest BCUT2D eigenvalue weighted by Crippen LogP contribution is 2.25. The molecule has 18 heavy (non-hydrogen) atoms. The Kier molecular flexibility index (Phi) is 3.92. The van der Waals surface area contributed by atoms with Gasteiger partial charge in [-0.25, -0.2) is 8.42 Å². The molecule has 1 amide bonds. The highest BCUT2D eigenvalue weighted by atomic mass is 35.7. The van der Waals surface area contributed by atoms with E-state index in [0.29, 0.717) is 18.0 Å². The van der Waals surface area contributed by atoms with Crippen LogP contribution >= 0.6 is 10.7 Å². The Morgan fingerprint density at radius 1 is 1.28 bits per heavy atom. The van der Waals surface area contributed by atoms with Gasteiger partial charge in [-0.05, 0) is 43.0 Å². The van der Waals surface area contributed by atoms with E-state index in [1.165, 1.54) is 43.5 Å². The van der Waals surface area contributed by atoms with Gasteiger partial charge in [0.15, 0.2) is 0 Å². The van der Waals surface area contributed by atoms with Crippen LogP contribution in [-0.4, -0.2) is 20.9 Å². The molecule has 98 valence electrons. The summed E-state index contributed by atoms with van der Waals surface area (Å²) in [7, 11) is 1.47. The minimum absolute atomic E-state index is 0.000269. The Bertz CT molecular complexity index is 535. The van der Waals surface area contributed by atoms with Crippen molar-refractivity contribution in [3.63, 3.8) is 0 Å². The molecule has 0 aliphatic heterocycles. The van der Waals surface area contributed by atoms with Crippen LogP contribution in [0.15, 0.2) is 29.2 Å². The number of carbonyl (C=O) groups excluding carboxylic acids is 1. The average Bonchev–Trinajstić information content (AvgIpc) is 2.26. The molecule has 0 aromatic heterocycles. The SMILES string of the molecule is O=C(NCC1CCC1)c1ccc(S(=O)(=O)Cl)cc1. The third kappa shape index (κ3) is 3.23. The molecule has 0 saturated heterocycles. The zero-order chi connectivity index (χ0) is 13.2. The molecule has 0 spiro atoms. The summed E-state index contributed by atoms with van der Waals surface area (Å²) < 4.78 is 22.1. The molecule has 1 N–H and O–H groups in total.